The van der Waals surface area contributed by atoms with Crippen molar-refractivity contribution in [3.8, 4) is 11.5 Å². The van der Waals surface area contributed by atoms with Gasteiger partial charge in [0.05, 0.1) is 5.56 Å². The Morgan fingerprint density at radius 3 is 2.42 bits per heavy atom. The zero-order valence-corrected chi connectivity index (χ0v) is 14.3. The largest absolute Gasteiger partial charge is 0.486 e. The molecule has 1 aliphatic rings. The molecule has 2 aromatic carbocycles. The number of carbonyl (C=O) groups is 1. The summed E-state index contributed by atoms with van der Waals surface area (Å²) >= 11 is 0. The molecular formula is C18H18O5S. The van der Waals surface area contributed by atoms with Gasteiger partial charge in [0, 0.05) is 22.0 Å². The van der Waals surface area contributed by atoms with Crippen LogP contribution >= 0.6 is 0 Å². The number of benzene rings is 2. The van der Waals surface area contributed by atoms with Crippen LogP contribution in [0.1, 0.15) is 28.9 Å². The van der Waals surface area contributed by atoms with Gasteiger partial charge in [-0.3, -0.25) is 4.21 Å². The fourth-order valence-corrected chi connectivity index (χ4v) is 2.91. The van der Waals surface area contributed by atoms with Gasteiger partial charge in [-0.1, -0.05) is 6.07 Å². The highest BCUT2D eigenvalue weighted by Crippen LogP contribution is 2.33. The van der Waals surface area contributed by atoms with E-state index in [1.807, 2.05) is 18.2 Å². The first kappa shape index (κ1) is 16.5. The van der Waals surface area contributed by atoms with Gasteiger partial charge < -0.3 is 14.2 Å². The smallest absolute Gasteiger partial charge is 0.338 e. The van der Waals surface area contributed by atoms with E-state index in [4.69, 9.17) is 14.2 Å². The molecule has 1 heterocycles. The summed E-state index contributed by atoms with van der Waals surface area (Å²) in [6.45, 7) is 2.85. The standard InChI is InChI=1S/C18H18O5S/c1-12(14-5-8-16-17(11-14)22-10-9-21-16)23-18(19)13-3-6-15(7-4-13)24(2)20/h3-8,11-12H,9-10H2,1-2H3. The predicted molar refractivity (Wildman–Crippen MR) is 90.0 cm³/mol. The Labute approximate surface area is 143 Å². The second-order valence-electron chi connectivity index (χ2n) is 5.43. The van der Waals surface area contributed by atoms with Crippen molar-refractivity contribution in [1.82, 2.24) is 0 Å². The molecule has 0 bridgehead atoms. The van der Waals surface area contributed by atoms with E-state index in [2.05, 4.69) is 0 Å². The van der Waals surface area contributed by atoms with Gasteiger partial charge in [0.15, 0.2) is 11.5 Å². The van der Waals surface area contributed by atoms with Crippen LogP contribution in [0.15, 0.2) is 47.4 Å². The number of hydrogen-bond acceptors (Lipinski definition) is 5. The summed E-state index contributed by atoms with van der Waals surface area (Å²) in [6.07, 6.45) is 1.17. The topological polar surface area (TPSA) is 61.8 Å². The van der Waals surface area contributed by atoms with Crippen molar-refractivity contribution in [2.24, 2.45) is 0 Å². The molecule has 0 radical (unpaired) electrons. The minimum absolute atomic E-state index is 0.423. The Morgan fingerprint density at radius 1 is 1.08 bits per heavy atom. The summed E-state index contributed by atoms with van der Waals surface area (Å²) in [6, 6.07) is 12.1. The van der Waals surface area contributed by atoms with Crippen LogP contribution in [-0.2, 0) is 15.5 Å². The summed E-state index contributed by atoms with van der Waals surface area (Å²) in [5, 5.41) is 0. The zero-order chi connectivity index (χ0) is 17.1. The van der Waals surface area contributed by atoms with E-state index < -0.39 is 22.9 Å². The van der Waals surface area contributed by atoms with Gasteiger partial charge in [-0.25, -0.2) is 4.79 Å². The first-order valence-corrected chi connectivity index (χ1v) is 9.14. The molecule has 126 valence electrons. The Balaban J connectivity index is 1.70. The van der Waals surface area contributed by atoms with Gasteiger partial charge >= 0.3 is 5.97 Å². The third-order valence-electron chi connectivity index (χ3n) is 3.74. The van der Waals surface area contributed by atoms with E-state index >= 15 is 0 Å². The maximum atomic E-state index is 12.2. The van der Waals surface area contributed by atoms with Crippen molar-refractivity contribution in [2.45, 2.75) is 17.9 Å². The van der Waals surface area contributed by atoms with E-state index in [1.165, 1.54) is 0 Å². The molecule has 2 atom stereocenters. The molecule has 1 aliphatic heterocycles. The van der Waals surface area contributed by atoms with Crippen LogP contribution in [0.2, 0.25) is 0 Å². The molecule has 2 unspecified atom stereocenters. The normalized spacial score (nSPS) is 15.4. The Morgan fingerprint density at radius 2 is 1.75 bits per heavy atom. The van der Waals surface area contributed by atoms with E-state index in [-0.39, 0.29) is 0 Å². The molecule has 0 aliphatic carbocycles. The third-order valence-corrected chi connectivity index (χ3v) is 4.68. The van der Waals surface area contributed by atoms with Crippen molar-refractivity contribution in [3.05, 3.63) is 53.6 Å². The second-order valence-corrected chi connectivity index (χ2v) is 6.81. The third kappa shape index (κ3) is 3.59. The summed E-state index contributed by atoms with van der Waals surface area (Å²) < 4.78 is 27.9. The van der Waals surface area contributed by atoms with E-state index in [0.717, 1.165) is 5.56 Å². The molecule has 0 aromatic heterocycles. The maximum Gasteiger partial charge on any atom is 0.338 e. The Bertz CT molecular complexity index is 769. The average molecular weight is 346 g/mol. The molecule has 0 saturated heterocycles. The highest BCUT2D eigenvalue weighted by atomic mass is 32.2. The van der Waals surface area contributed by atoms with Crippen LogP contribution in [0.4, 0.5) is 0 Å². The van der Waals surface area contributed by atoms with Gasteiger partial charge in [0.2, 0.25) is 0 Å². The van der Waals surface area contributed by atoms with Crippen molar-refractivity contribution >= 4 is 16.8 Å². The summed E-state index contributed by atoms with van der Waals surface area (Å²) in [5.41, 5.74) is 1.26. The molecular weight excluding hydrogens is 328 g/mol. The molecule has 0 amide bonds. The predicted octanol–water partition coefficient (Wildman–Crippen LogP) is 3.11. The van der Waals surface area contributed by atoms with Crippen LogP contribution in [0.3, 0.4) is 0 Å². The van der Waals surface area contributed by atoms with Crippen LogP contribution in [0, 0.1) is 0 Å². The SMILES string of the molecule is CC(OC(=O)c1ccc(S(C)=O)cc1)c1ccc2c(c1)OCCO2. The number of ether oxygens (including phenoxy) is 3. The van der Waals surface area contributed by atoms with Gasteiger partial charge in [-0.05, 0) is 48.9 Å². The monoisotopic (exact) mass is 346 g/mol. The van der Waals surface area contributed by atoms with Crippen LogP contribution in [0.25, 0.3) is 0 Å². The van der Waals surface area contributed by atoms with Crippen molar-refractivity contribution in [2.75, 3.05) is 19.5 Å². The molecule has 6 heteroatoms. The lowest BCUT2D eigenvalue weighted by Gasteiger charge is -2.20. The second kappa shape index (κ2) is 7.05. The van der Waals surface area contributed by atoms with Crippen LogP contribution in [0.5, 0.6) is 11.5 Å². The van der Waals surface area contributed by atoms with Gasteiger partial charge in [0.1, 0.15) is 19.3 Å². The summed E-state index contributed by atoms with van der Waals surface area (Å²) in [5.74, 6) is 0.939. The molecule has 3 rings (SSSR count). The first-order valence-electron chi connectivity index (χ1n) is 7.58. The Hall–Kier alpha value is -2.34. The highest BCUT2D eigenvalue weighted by molar-refractivity contribution is 7.84. The molecule has 2 aromatic rings. The average Bonchev–Trinajstić information content (AvgIpc) is 2.61. The molecule has 24 heavy (non-hydrogen) atoms. The Kier molecular flexibility index (Phi) is 4.85. The van der Waals surface area contributed by atoms with Gasteiger partial charge in [-0.2, -0.15) is 0 Å². The maximum absolute atomic E-state index is 12.2. The first-order chi connectivity index (χ1) is 11.5. The lowest BCUT2D eigenvalue weighted by atomic mass is 10.1. The minimum atomic E-state index is -1.07. The molecule has 0 saturated carbocycles. The van der Waals surface area contributed by atoms with Gasteiger partial charge in [-0.15, -0.1) is 0 Å². The van der Waals surface area contributed by atoms with E-state index in [9.17, 15) is 9.00 Å². The van der Waals surface area contributed by atoms with Crippen LogP contribution in [-0.4, -0.2) is 29.6 Å². The number of hydrogen-bond donors (Lipinski definition) is 0. The minimum Gasteiger partial charge on any atom is -0.486 e. The quantitative estimate of drug-likeness (QED) is 0.796. The van der Waals surface area contributed by atoms with E-state index in [1.54, 1.807) is 37.4 Å². The molecule has 0 fully saturated rings. The fourth-order valence-electron chi connectivity index (χ4n) is 2.39. The van der Waals surface area contributed by atoms with Crippen molar-refractivity contribution in [3.63, 3.8) is 0 Å². The zero-order valence-electron chi connectivity index (χ0n) is 13.5. The van der Waals surface area contributed by atoms with Crippen molar-refractivity contribution < 1.29 is 23.2 Å². The summed E-state index contributed by atoms with van der Waals surface area (Å²) in [4.78, 5) is 12.9. The van der Waals surface area contributed by atoms with E-state index in [0.29, 0.717) is 35.2 Å². The lowest BCUT2D eigenvalue weighted by Crippen LogP contribution is -2.16. The number of rotatable bonds is 4. The number of carbonyl (C=O) groups excluding carboxylic acids is 1. The molecule has 0 N–H and O–H groups in total. The number of esters is 1. The number of fused-ring (bicyclic) bond motifs is 1. The highest BCUT2D eigenvalue weighted by Gasteiger charge is 2.18. The summed E-state index contributed by atoms with van der Waals surface area (Å²) in [7, 11) is -1.07. The molecule has 0 spiro atoms. The lowest BCUT2D eigenvalue weighted by molar-refractivity contribution is 0.0336. The van der Waals surface area contributed by atoms with Gasteiger partial charge in [0.25, 0.3) is 0 Å². The van der Waals surface area contributed by atoms with Crippen LogP contribution < -0.4 is 9.47 Å². The van der Waals surface area contributed by atoms with Crippen molar-refractivity contribution in [1.29, 1.82) is 0 Å². The fraction of sp³-hybridized carbons (Fsp3) is 0.278. The molecule has 5 nitrogen and oxygen atoms in total.